The van der Waals surface area contributed by atoms with Crippen molar-refractivity contribution in [3.05, 3.63) is 0 Å². The second-order valence-corrected chi connectivity index (χ2v) is 2.21. The van der Waals surface area contributed by atoms with Crippen LogP contribution in [0, 0.1) is 0 Å². The molecular formula is C5H10ClF2N. The third-order valence-corrected chi connectivity index (χ3v) is 1.70. The molecule has 0 aromatic carbocycles. The van der Waals surface area contributed by atoms with E-state index in [4.69, 9.17) is 0 Å². The summed E-state index contributed by atoms with van der Waals surface area (Å²) in [6.07, 6.45) is -0.935. The van der Waals surface area contributed by atoms with Gasteiger partial charge in [-0.15, -0.1) is 12.4 Å². The molecule has 4 heteroatoms. The van der Waals surface area contributed by atoms with Crippen molar-refractivity contribution in [1.29, 1.82) is 0 Å². The largest absolute Gasteiger partial charge is 0.309 e. The van der Waals surface area contributed by atoms with Crippen molar-refractivity contribution in [3.63, 3.8) is 0 Å². The molecule has 1 rings (SSSR count). The van der Waals surface area contributed by atoms with Gasteiger partial charge in [-0.25, -0.2) is 8.78 Å². The minimum Gasteiger partial charge on any atom is -0.309 e. The van der Waals surface area contributed by atoms with Crippen LogP contribution < -0.4 is 5.32 Å². The summed E-state index contributed by atoms with van der Waals surface area (Å²) in [5.74, 6) is 0. The first kappa shape index (κ1) is 9.11. The fraction of sp³-hybridized carbons (Fsp3) is 1.00. The molecule has 0 atom stereocenters. The number of alkyl halides is 2. The molecule has 1 aliphatic rings. The van der Waals surface area contributed by atoms with Crippen LogP contribution in [-0.4, -0.2) is 19.0 Å². The number of nitrogens with one attached hydrogen (secondary N) is 1. The standard InChI is InChI=1S/C5H9F2N.ClH/c1-8-5(2-3-5)4(6)7;/h4,8H,2-3H2,1H3;1H. The van der Waals surface area contributed by atoms with Crippen LogP contribution in [0.15, 0.2) is 0 Å². The van der Waals surface area contributed by atoms with Gasteiger partial charge in [0.2, 0.25) is 0 Å². The van der Waals surface area contributed by atoms with Crippen LogP contribution in [0.25, 0.3) is 0 Å². The highest BCUT2D eigenvalue weighted by Gasteiger charge is 2.49. The second-order valence-electron chi connectivity index (χ2n) is 2.21. The average Bonchev–Trinajstić information content (AvgIpc) is 2.44. The number of hydrogen-bond donors (Lipinski definition) is 1. The van der Waals surface area contributed by atoms with E-state index in [-0.39, 0.29) is 12.4 Å². The summed E-state index contributed by atoms with van der Waals surface area (Å²) in [5, 5.41) is 2.60. The van der Waals surface area contributed by atoms with E-state index in [0.29, 0.717) is 12.8 Å². The Kier molecular flexibility index (Phi) is 2.83. The maximum atomic E-state index is 11.8. The quantitative estimate of drug-likeness (QED) is 0.640. The lowest BCUT2D eigenvalue weighted by Crippen LogP contribution is -2.34. The topological polar surface area (TPSA) is 12.0 Å². The van der Waals surface area contributed by atoms with Crippen molar-refractivity contribution in [2.75, 3.05) is 7.05 Å². The summed E-state index contributed by atoms with van der Waals surface area (Å²) in [5.41, 5.74) is -0.792. The fourth-order valence-corrected chi connectivity index (χ4v) is 0.712. The van der Waals surface area contributed by atoms with E-state index in [0.717, 1.165) is 0 Å². The highest BCUT2D eigenvalue weighted by atomic mass is 35.5. The molecule has 1 saturated carbocycles. The van der Waals surface area contributed by atoms with Crippen LogP contribution in [0.1, 0.15) is 12.8 Å². The van der Waals surface area contributed by atoms with E-state index < -0.39 is 12.0 Å². The molecule has 0 heterocycles. The summed E-state index contributed by atoms with van der Waals surface area (Å²) >= 11 is 0. The molecule has 1 nitrogen and oxygen atoms in total. The molecule has 0 aromatic heterocycles. The number of hydrogen-bond acceptors (Lipinski definition) is 1. The lowest BCUT2D eigenvalue weighted by Gasteiger charge is -2.10. The summed E-state index contributed by atoms with van der Waals surface area (Å²) < 4.78 is 23.6. The van der Waals surface area contributed by atoms with Gasteiger partial charge in [0.25, 0.3) is 6.43 Å². The molecule has 0 bridgehead atoms. The Morgan fingerprint density at radius 3 is 1.89 bits per heavy atom. The molecule has 1 N–H and O–H groups in total. The Labute approximate surface area is 59.2 Å². The van der Waals surface area contributed by atoms with Gasteiger partial charge < -0.3 is 5.32 Å². The Balaban J connectivity index is 0.000000640. The molecular weight excluding hydrogens is 148 g/mol. The van der Waals surface area contributed by atoms with Gasteiger partial charge in [-0.3, -0.25) is 0 Å². The van der Waals surface area contributed by atoms with E-state index in [1.54, 1.807) is 7.05 Å². The maximum absolute atomic E-state index is 11.8. The minimum absolute atomic E-state index is 0. The molecule has 0 amide bonds. The monoisotopic (exact) mass is 157 g/mol. The van der Waals surface area contributed by atoms with E-state index in [9.17, 15) is 8.78 Å². The first-order valence-electron chi connectivity index (χ1n) is 2.68. The molecule has 1 aliphatic carbocycles. The first-order valence-corrected chi connectivity index (χ1v) is 2.68. The predicted octanol–water partition coefficient (Wildman–Crippen LogP) is 1.43. The van der Waals surface area contributed by atoms with Crippen LogP contribution in [0.2, 0.25) is 0 Å². The molecule has 0 saturated heterocycles. The van der Waals surface area contributed by atoms with Gasteiger partial charge in [0.15, 0.2) is 0 Å². The lowest BCUT2D eigenvalue weighted by atomic mass is 10.3. The third kappa shape index (κ3) is 1.52. The van der Waals surface area contributed by atoms with Crippen molar-refractivity contribution >= 4 is 12.4 Å². The van der Waals surface area contributed by atoms with Crippen LogP contribution >= 0.6 is 12.4 Å². The Hall–Kier alpha value is 0.110. The molecule has 0 aliphatic heterocycles. The van der Waals surface area contributed by atoms with E-state index in [2.05, 4.69) is 5.32 Å². The third-order valence-electron chi connectivity index (χ3n) is 1.70. The van der Waals surface area contributed by atoms with Gasteiger partial charge >= 0.3 is 0 Å². The van der Waals surface area contributed by atoms with Crippen molar-refractivity contribution < 1.29 is 8.78 Å². The van der Waals surface area contributed by atoms with Gasteiger partial charge in [-0.2, -0.15) is 0 Å². The van der Waals surface area contributed by atoms with E-state index in [1.807, 2.05) is 0 Å². The smallest absolute Gasteiger partial charge is 0.256 e. The lowest BCUT2D eigenvalue weighted by molar-refractivity contribution is 0.0899. The average molecular weight is 158 g/mol. The molecule has 0 spiro atoms. The van der Waals surface area contributed by atoms with Crippen LogP contribution in [0.5, 0.6) is 0 Å². The van der Waals surface area contributed by atoms with Crippen LogP contribution in [-0.2, 0) is 0 Å². The van der Waals surface area contributed by atoms with E-state index in [1.165, 1.54) is 0 Å². The van der Waals surface area contributed by atoms with Crippen LogP contribution in [0.4, 0.5) is 8.78 Å². The van der Waals surface area contributed by atoms with Gasteiger partial charge in [0.05, 0.1) is 5.54 Å². The highest BCUT2D eigenvalue weighted by Crippen LogP contribution is 2.40. The van der Waals surface area contributed by atoms with Crippen molar-refractivity contribution in [1.82, 2.24) is 5.32 Å². The van der Waals surface area contributed by atoms with Gasteiger partial charge in [0.1, 0.15) is 0 Å². The Morgan fingerprint density at radius 2 is 1.89 bits per heavy atom. The zero-order chi connectivity index (χ0) is 6.20. The summed E-state index contributed by atoms with van der Waals surface area (Å²) in [7, 11) is 1.58. The van der Waals surface area contributed by atoms with Crippen molar-refractivity contribution in [3.8, 4) is 0 Å². The zero-order valence-electron chi connectivity index (χ0n) is 5.16. The summed E-state index contributed by atoms with van der Waals surface area (Å²) in [6.45, 7) is 0. The number of halogens is 3. The molecule has 0 radical (unpaired) electrons. The summed E-state index contributed by atoms with van der Waals surface area (Å²) in [4.78, 5) is 0. The van der Waals surface area contributed by atoms with Crippen molar-refractivity contribution in [2.24, 2.45) is 0 Å². The van der Waals surface area contributed by atoms with Gasteiger partial charge in [0, 0.05) is 0 Å². The van der Waals surface area contributed by atoms with E-state index >= 15 is 0 Å². The SMILES string of the molecule is CNC1(C(F)F)CC1.Cl. The Bertz CT molecular complexity index is 93.0. The minimum atomic E-state index is -2.19. The molecule has 0 aromatic rings. The number of rotatable bonds is 2. The van der Waals surface area contributed by atoms with Gasteiger partial charge in [-0.05, 0) is 19.9 Å². The predicted molar refractivity (Wildman–Crippen MR) is 34.3 cm³/mol. The zero-order valence-corrected chi connectivity index (χ0v) is 5.97. The highest BCUT2D eigenvalue weighted by molar-refractivity contribution is 5.85. The maximum Gasteiger partial charge on any atom is 0.256 e. The van der Waals surface area contributed by atoms with Crippen LogP contribution in [0.3, 0.4) is 0 Å². The second kappa shape index (κ2) is 2.80. The fourth-order valence-electron chi connectivity index (χ4n) is 0.712. The molecule has 1 fully saturated rings. The normalized spacial score (nSPS) is 21.3. The first-order chi connectivity index (χ1) is 3.71. The van der Waals surface area contributed by atoms with Gasteiger partial charge in [-0.1, -0.05) is 0 Å². The molecule has 56 valence electrons. The Morgan fingerprint density at radius 1 is 1.44 bits per heavy atom. The van der Waals surface area contributed by atoms with Crippen molar-refractivity contribution in [2.45, 2.75) is 24.8 Å². The summed E-state index contributed by atoms with van der Waals surface area (Å²) in [6, 6.07) is 0. The molecule has 0 unspecified atom stereocenters. The molecule has 9 heavy (non-hydrogen) atoms.